The van der Waals surface area contributed by atoms with Crippen molar-refractivity contribution in [2.75, 3.05) is 11.4 Å². The van der Waals surface area contributed by atoms with E-state index in [9.17, 15) is 9.59 Å². The van der Waals surface area contributed by atoms with Crippen molar-refractivity contribution in [1.29, 1.82) is 0 Å². The molecule has 1 aliphatic heterocycles. The van der Waals surface area contributed by atoms with Gasteiger partial charge in [0.25, 0.3) is 5.91 Å². The van der Waals surface area contributed by atoms with Gasteiger partial charge in [-0.05, 0) is 49.3 Å². The lowest BCUT2D eigenvalue weighted by Crippen LogP contribution is -2.44. The van der Waals surface area contributed by atoms with Crippen LogP contribution in [0.15, 0.2) is 29.3 Å². The summed E-state index contributed by atoms with van der Waals surface area (Å²) in [4.78, 5) is 31.0. The zero-order chi connectivity index (χ0) is 18.9. The highest BCUT2D eigenvalue weighted by molar-refractivity contribution is 6.23. The quantitative estimate of drug-likeness (QED) is 0.421. The number of carbonyl (C=O) groups is 2. The molecule has 3 aliphatic rings. The molecule has 3 amide bonds. The molecule has 0 aromatic heterocycles. The predicted octanol–water partition coefficient (Wildman–Crippen LogP) is 2.26. The summed E-state index contributed by atoms with van der Waals surface area (Å²) in [5.74, 6) is 1.02. The fraction of sp³-hybridized carbons (Fsp3) is 0.550. The van der Waals surface area contributed by atoms with E-state index in [0.29, 0.717) is 24.1 Å². The summed E-state index contributed by atoms with van der Waals surface area (Å²) < 4.78 is 0. The Balaban J connectivity index is 1.43. The van der Waals surface area contributed by atoms with Crippen LogP contribution in [-0.4, -0.2) is 30.0 Å². The summed E-state index contributed by atoms with van der Waals surface area (Å²) in [7, 11) is 0. The maximum atomic E-state index is 12.9. The molecule has 7 heteroatoms. The highest BCUT2D eigenvalue weighted by Gasteiger charge is 2.52. The Labute approximate surface area is 159 Å². The average Bonchev–Trinajstić information content (AvgIpc) is 3.17. The number of imide groups is 1. The van der Waals surface area contributed by atoms with Crippen molar-refractivity contribution in [3.8, 4) is 0 Å². The van der Waals surface area contributed by atoms with Crippen LogP contribution in [0.5, 0.6) is 0 Å². The number of hydrogen-bond donors (Lipinski definition) is 3. The first kappa shape index (κ1) is 17.8. The van der Waals surface area contributed by atoms with E-state index in [1.54, 1.807) is 6.07 Å². The van der Waals surface area contributed by atoms with Gasteiger partial charge in [0.15, 0.2) is 5.96 Å². The first-order valence-corrected chi connectivity index (χ1v) is 9.87. The van der Waals surface area contributed by atoms with Gasteiger partial charge in [0.05, 0.1) is 12.2 Å². The van der Waals surface area contributed by atoms with Crippen molar-refractivity contribution >= 4 is 23.6 Å². The van der Waals surface area contributed by atoms with Crippen LogP contribution in [0.4, 0.5) is 10.5 Å². The minimum absolute atomic E-state index is 0.132. The van der Waals surface area contributed by atoms with Crippen LogP contribution >= 0.6 is 0 Å². The van der Waals surface area contributed by atoms with E-state index >= 15 is 0 Å². The van der Waals surface area contributed by atoms with Crippen molar-refractivity contribution in [3.63, 3.8) is 0 Å². The van der Waals surface area contributed by atoms with Crippen LogP contribution in [0.3, 0.4) is 0 Å². The third-order valence-electron chi connectivity index (χ3n) is 6.02. The molecule has 4 rings (SSSR count). The Morgan fingerprint density at radius 3 is 2.74 bits per heavy atom. The lowest BCUT2D eigenvalue weighted by Gasteiger charge is -2.25. The molecule has 1 aromatic carbocycles. The number of nitrogens with one attached hydrogen (secondary N) is 2. The van der Waals surface area contributed by atoms with E-state index in [1.807, 2.05) is 18.2 Å². The van der Waals surface area contributed by atoms with Gasteiger partial charge in [-0.25, -0.2) is 14.7 Å². The van der Waals surface area contributed by atoms with Crippen LogP contribution in [0.2, 0.25) is 0 Å². The molecule has 1 spiro atoms. The SMILES string of the molecule is NC(=NCc1cccc(N2C(=O)NC3(CCCC3)C2=O)c1)NCC1CCC1. The van der Waals surface area contributed by atoms with Crippen molar-refractivity contribution in [1.82, 2.24) is 10.6 Å². The standard InChI is InChI=1S/C20H27N5O2/c21-18(22-12-14-5-3-6-14)23-13-15-7-4-8-16(11-15)25-17(26)20(24-19(25)27)9-1-2-10-20/h4,7-8,11,14H,1-3,5-6,9-10,12-13H2,(H,24,27)(H3,21,22,23). The lowest BCUT2D eigenvalue weighted by atomic mass is 9.85. The molecular weight excluding hydrogens is 342 g/mol. The summed E-state index contributed by atoms with van der Waals surface area (Å²) in [6, 6.07) is 7.07. The smallest absolute Gasteiger partial charge is 0.329 e. The van der Waals surface area contributed by atoms with Crippen molar-refractivity contribution in [3.05, 3.63) is 29.8 Å². The van der Waals surface area contributed by atoms with Crippen LogP contribution in [0.1, 0.15) is 50.5 Å². The molecule has 0 radical (unpaired) electrons. The van der Waals surface area contributed by atoms with Crippen LogP contribution in [0.25, 0.3) is 0 Å². The minimum atomic E-state index is -0.693. The number of rotatable bonds is 5. The van der Waals surface area contributed by atoms with Crippen molar-refractivity contribution < 1.29 is 9.59 Å². The zero-order valence-electron chi connectivity index (χ0n) is 15.5. The number of anilines is 1. The second-order valence-electron chi connectivity index (χ2n) is 7.91. The topological polar surface area (TPSA) is 99.8 Å². The molecule has 7 nitrogen and oxygen atoms in total. The maximum Gasteiger partial charge on any atom is 0.329 e. The fourth-order valence-corrected chi connectivity index (χ4v) is 4.14. The number of nitrogens with two attached hydrogens (primary N) is 1. The summed E-state index contributed by atoms with van der Waals surface area (Å²) in [6.07, 6.45) is 7.22. The molecule has 27 heavy (non-hydrogen) atoms. The van der Waals surface area contributed by atoms with Gasteiger partial charge < -0.3 is 16.4 Å². The van der Waals surface area contributed by atoms with E-state index in [0.717, 1.165) is 37.8 Å². The number of guanidine groups is 1. The minimum Gasteiger partial charge on any atom is -0.370 e. The Morgan fingerprint density at radius 2 is 2.04 bits per heavy atom. The number of hydrogen-bond acceptors (Lipinski definition) is 3. The van der Waals surface area contributed by atoms with Gasteiger partial charge in [-0.1, -0.05) is 31.4 Å². The second kappa shape index (κ2) is 7.21. The van der Waals surface area contributed by atoms with Gasteiger partial charge in [0.2, 0.25) is 0 Å². The lowest BCUT2D eigenvalue weighted by molar-refractivity contribution is -0.121. The number of carbonyl (C=O) groups excluding carboxylic acids is 2. The second-order valence-corrected chi connectivity index (χ2v) is 7.91. The molecular formula is C20H27N5O2. The Morgan fingerprint density at radius 1 is 1.26 bits per heavy atom. The normalized spacial score (nSPS) is 22.2. The van der Waals surface area contributed by atoms with Crippen LogP contribution in [0, 0.1) is 5.92 Å². The number of urea groups is 1. The highest BCUT2D eigenvalue weighted by Crippen LogP contribution is 2.37. The van der Waals surface area contributed by atoms with Crippen molar-refractivity contribution in [2.24, 2.45) is 16.6 Å². The van der Waals surface area contributed by atoms with E-state index in [2.05, 4.69) is 15.6 Å². The first-order valence-electron chi connectivity index (χ1n) is 9.87. The number of amides is 3. The van der Waals surface area contributed by atoms with Gasteiger partial charge in [0, 0.05) is 6.54 Å². The van der Waals surface area contributed by atoms with Crippen molar-refractivity contribution in [2.45, 2.75) is 57.0 Å². The Bertz CT molecular complexity index is 765. The fourth-order valence-electron chi connectivity index (χ4n) is 4.14. The molecule has 1 heterocycles. The average molecular weight is 369 g/mol. The third kappa shape index (κ3) is 3.50. The molecule has 0 atom stereocenters. The Kier molecular flexibility index (Phi) is 4.76. The molecule has 1 aromatic rings. The van der Waals surface area contributed by atoms with Gasteiger partial charge >= 0.3 is 6.03 Å². The summed E-state index contributed by atoms with van der Waals surface area (Å²) in [6.45, 7) is 1.28. The molecule has 4 N–H and O–H groups in total. The predicted molar refractivity (Wildman–Crippen MR) is 104 cm³/mol. The van der Waals surface area contributed by atoms with Crippen LogP contribution < -0.4 is 21.3 Å². The molecule has 3 fully saturated rings. The molecule has 1 saturated heterocycles. The van der Waals surface area contributed by atoms with E-state index in [-0.39, 0.29) is 11.9 Å². The summed E-state index contributed by atoms with van der Waals surface area (Å²) in [5, 5.41) is 6.09. The number of nitrogens with zero attached hydrogens (tertiary/aromatic N) is 2. The van der Waals surface area contributed by atoms with Crippen LogP contribution in [-0.2, 0) is 11.3 Å². The molecule has 0 bridgehead atoms. The number of aliphatic imine (C=N–C) groups is 1. The molecule has 144 valence electrons. The Hall–Kier alpha value is -2.57. The van der Waals surface area contributed by atoms with Gasteiger partial charge in [-0.15, -0.1) is 0 Å². The molecule has 2 saturated carbocycles. The zero-order valence-corrected chi connectivity index (χ0v) is 15.5. The van der Waals surface area contributed by atoms with Gasteiger partial charge in [0.1, 0.15) is 5.54 Å². The number of benzene rings is 1. The van der Waals surface area contributed by atoms with Gasteiger partial charge in [-0.2, -0.15) is 0 Å². The van der Waals surface area contributed by atoms with E-state index < -0.39 is 5.54 Å². The highest BCUT2D eigenvalue weighted by atomic mass is 16.2. The van der Waals surface area contributed by atoms with Gasteiger partial charge in [-0.3, -0.25) is 4.79 Å². The largest absolute Gasteiger partial charge is 0.370 e. The summed E-state index contributed by atoms with van der Waals surface area (Å²) >= 11 is 0. The first-order chi connectivity index (χ1) is 13.1. The van der Waals surface area contributed by atoms with E-state index in [4.69, 9.17) is 5.73 Å². The third-order valence-corrected chi connectivity index (χ3v) is 6.02. The molecule has 2 aliphatic carbocycles. The molecule has 0 unspecified atom stereocenters. The summed E-state index contributed by atoms with van der Waals surface area (Å²) in [5.41, 5.74) is 6.75. The maximum absolute atomic E-state index is 12.9. The van der Waals surface area contributed by atoms with E-state index in [1.165, 1.54) is 24.2 Å². The monoisotopic (exact) mass is 369 g/mol.